The van der Waals surface area contributed by atoms with Crippen molar-refractivity contribution in [2.75, 3.05) is 13.1 Å². The Morgan fingerprint density at radius 3 is 2.25 bits per heavy atom. The Labute approximate surface area is 99.0 Å². The maximum absolute atomic E-state index is 13.7. The SMILES string of the molecule is C=C(N1CCC(/C(C)=C/C)CC1)C(C)(C)F. The smallest absolute Gasteiger partial charge is 0.144 e. The summed E-state index contributed by atoms with van der Waals surface area (Å²) in [5.41, 5.74) is 0.802. The Bertz CT molecular complexity index is 278. The molecule has 0 aromatic rings. The molecule has 0 atom stereocenters. The van der Waals surface area contributed by atoms with E-state index in [1.807, 2.05) is 0 Å². The highest BCUT2D eigenvalue weighted by Crippen LogP contribution is 2.30. The van der Waals surface area contributed by atoms with Crippen molar-refractivity contribution >= 4 is 0 Å². The summed E-state index contributed by atoms with van der Waals surface area (Å²) in [6, 6.07) is 0. The minimum Gasteiger partial charge on any atom is -0.373 e. The minimum absolute atomic E-state index is 0.629. The second-order valence-corrected chi connectivity index (χ2v) is 5.21. The molecule has 16 heavy (non-hydrogen) atoms. The summed E-state index contributed by atoms with van der Waals surface area (Å²) in [6.07, 6.45) is 4.42. The Morgan fingerprint density at radius 2 is 1.88 bits per heavy atom. The molecule has 2 heteroatoms. The van der Waals surface area contributed by atoms with Gasteiger partial charge >= 0.3 is 0 Å². The number of nitrogens with zero attached hydrogens (tertiary/aromatic N) is 1. The zero-order chi connectivity index (χ0) is 12.3. The largest absolute Gasteiger partial charge is 0.373 e. The lowest BCUT2D eigenvalue weighted by atomic mass is 9.89. The zero-order valence-corrected chi connectivity index (χ0v) is 11.0. The molecular formula is C14H24FN. The van der Waals surface area contributed by atoms with E-state index in [1.165, 1.54) is 5.57 Å². The number of allylic oxidation sites excluding steroid dienone is 3. The molecule has 1 fully saturated rings. The van der Waals surface area contributed by atoms with Crippen LogP contribution >= 0.6 is 0 Å². The number of hydrogen-bond acceptors (Lipinski definition) is 1. The summed E-state index contributed by atoms with van der Waals surface area (Å²) >= 11 is 0. The number of hydrogen-bond donors (Lipinski definition) is 0. The van der Waals surface area contributed by atoms with Gasteiger partial charge in [0.25, 0.3) is 0 Å². The van der Waals surface area contributed by atoms with Crippen molar-refractivity contribution < 1.29 is 4.39 Å². The first kappa shape index (κ1) is 13.3. The lowest BCUT2D eigenvalue weighted by Gasteiger charge is -2.38. The van der Waals surface area contributed by atoms with Gasteiger partial charge in [-0.25, -0.2) is 4.39 Å². The van der Waals surface area contributed by atoms with Crippen molar-refractivity contribution in [1.82, 2.24) is 4.90 Å². The molecule has 0 saturated carbocycles. The molecule has 0 aromatic carbocycles. The van der Waals surface area contributed by atoms with Gasteiger partial charge < -0.3 is 4.90 Å². The van der Waals surface area contributed by atoms with E-state index in [9.17, 15) is 4.39 Å². The number of piperidine rings is 1. The molecule has 1 aliphatic rings. The first-order chi connectivity index (χ1) is 7.36. The summed E-state index contributed by atoms with van der Waals surface area (Å²) in [6.45, 7) is 13.2. The van der Waals surface area contributed by atoms with Crippen LogP contribution in [-0.4, -0.2) is 23.7 Å². The molecular weight excluding hydrogens is 201 g/mol. The fraction of sp³-hybridized carbons (Fsp3) is 0.714. The normalized spacial score (nSPS) is 20.1. The van der Waals surface area contributed by atoms with Crippen LogP contribution in [0.3, 0.4) is 0 Å². The van der Waals surface area contributed by atoms with Gasteiger partial charge in [0.1, 0.15) is 5.67 Å². The van der Waals surface area contributed by atoms with Gasteiger partial charge in [0.2, 0.25) is 0 Å². The highest BCUT2D eigenvalue weighted by atomic mass is 19.1. The fourth-order valence-electron chi connectivity index (χ4n) is 2.22. The van der Waals surface area contributed by atoms with Crippen LogP contribution in [0.25, 0.3) is 0 Å². The molecule has 1 saturated heterocycles. The fourth-order valence-corrected chi connectivity index (χ4v) is 2.22. The second kappa shape index (κ2) is 5.03. The van der Waals surface area contributed by atoms with E-state index in [2.05, 4.69) is 31.4 Å². The predicted molar refractivity (Wildman–Crippen MR) is 68.1 cm³/mol. The minimum atomic E-state index is -1.29. The Balaban J connectivity index is 2.53. The molecule has 0 radical (unpaired) electrons. The van der Waals surface area contributed by atoms with Crippen molar-refractivity contribution in [3.05, 3.63) is 23.9 Å². The molecule has 0 bridgehead atoms. The first-order valence-corrected chi connectivity index (χ1v) is 6.12. The van der Waals surface area contributed by atoms with Gasteiger partial charge in [-0.05, 0) is 46.5 Å². The van der Waals surface area contributed by atoms with Crippen molar-refractivity contribution in [1.29, 1.82) is 0 Å². The Kier molecular flexibility index (Phi) is 4.17. The van der Waals surface area contributed by atoms with Crippen LogP contribution in [0, 0.1) is 5.92 Å². The van der Waals surface area contributed by atoms with E-state index >= 15 is 0 Å². The second-order valence-electron chi connectivity index (χ2n) is 5.21. The summed E-state index contributed by atoms with van der Waals surface area (Å²) in [7, 11) is 0. The van der Waals surface area contributed by atoms with Gasteiger partial charge in [-0.2, -0.15) is 0 Å². The Hall–Kier alpha value is -0.790. The van der Waals surface area contributed by atoms with Crippen molar-refractivity contribution in [3.8, 4) is 0 Å². The zero-order valence-electron chi connectivity index (χ0n) is 11.0. The molecule has 0 unspecified atom stereocenters. The maximum Gasteiger partial charge on any atom is 0.144 e. The van der Waals surface area contributed by atoms with Crippen LogP contribution in [0.2, 0.25) is 0 Å². The van der Waals surface area contributed by atoms with Crippen LogP contribution in [0.1, 0.15) is 40.5 Å². The van der Waals surface area contributed by atoms with Crippen LogP contribution in [0.4, 0.5) is 4.39 Å². The van der Waals surface area contributed by atoms with Crippen LogP contribution in [0.5, 0.6) is 0 Å². The third kappa shape index (κ3) is 3.10. The van der Waals surface area contributed by atoms with Crippen molar-refractivity contribution in [2.24, 2.45) is 5.92 Å². The molecule has 0 spiro atoms. The van der Waals surface area contributed by atoms with Gasteiger partial charge in [0.15, 0.2) is 0 Å². The monoisotopic (exact) mass is 225 g/mol. The van der Waals surface area contributed by atoms with E-state index in [1.54, 1.807) is 13.8 Å². The molecule has 0 aliphatic carbocycles. The van der Waals surface area contributed by atoms with Crippen molar-refractivity contribution in [3.63, 3.8) is 0 Å². The lowest BCUT2D eigenvalue weighted by molar-refractivity contribution is 0.159. The van der Waals surface area contributed by atoms with E-state index in [0.717, 1.165) is 25.9 Å². The van der Waals surface area contributed by atoms with Crippen LogP contribution in [-0.2, 0) is 0 Å². The Morgan fingerprint density at radius 1 is 1.38 bits per heavy atom. The lowest BCUT2D eigenvalue weighted by Crippen LogP contribution is -2.38. The number of alkyl halides is 1. The van der Waals surface area contributed by atoms with Gasteiger partial charge in [0, 0.05) is 18.8 Å². The summed E-state index contributed by atoms with van der Waals surface area (Å²) in [4.78, 5) is 2.10. The molecule has 0 aromatic heterocycles. The van der Waals surface area contributed by atoms with Gasteiger partial charge in [0.05, 0.1) is 0 Å². The quantitative estimate of drug-likeness (QED) is 0.658. The molecule has 1 nitrogen and oxygen atoms in total. The van der Waals surface area contributed by atoms with Gasteiger partial charge in [-0.1, -0.05) is 18.2 Å². The standard InChI is InChI=1S/C14H24FN/c1-6-11(2)13-7-9-16(10-8-13)12(3)14(4,5)15/h6,13H,3,7-10H2,1-2,4-5H3/b11-6+. The van der Waals surface area contributed by atoms with E-state index < -0.39 is 5.67 Å². The third-order valence-corrected chi connectivity index (χ3v) is 3.66. The average Bonchev–Trinajstić information content (AvgIpc) is 2.26. The summed E-state index contributed by atoms with van der Waals surface area (Å²) in [5, 5.41) is 0. The van der Waals surface area contributed by atoms with Gasteiger partial charge in [-0.3, -0.25) is 0 Å². The predicted octanol–water partition coefficient (Wildman–Crippen LogP) is 3.93. The van der Waals surface area contributed by atoms with Crippen molar-refractivity contribution in [2.45, 2.75) is 46.2 Å². The highest BCUT2D eigenvalue weighted by molar-refractivity contribution is 5.11. The van der Waals surface area contributed by atoms with Crippen LogP contribution < -0.4 is 0 Å². The van der Waals surface area contributed by atoms with Crippen LogP contribution in [0.15, 0.2) is 23.9 Å². The highest BCUT2D eigenvalue weighted by Gasteiger charge is 2.28. The first-order valence-electron chi connectivity index (χ1n) is 6.12. The molecule has 0 N–H and O–H groups in total. The van der Waals surface area contributed by atoms with E-state index in [0.29, 0.717) is 11.6 Å². The number of likely N-dealkylation sites (tertiary alicyclic amines) is 1. The maximum atomic E-state index is 13.7. The number of halogens is 1. The molecule has 1 aliphatic heterocycles. The van der Waals surface area contributed by atoms with E-state index in [4.69, 9.17) is 0 Å². The van der Waals surface area contributed by atoms with E-state index in [-0.39, 0.29) is 0 Å². The topological polar surface area (TPSA) is 3.24 Å². The molecule has 1 rings (SSSR count). The third-order valence-electron chi connectivity index (χ3n) is 3.66. The molecule has 92 valence electrons. The van der Waals surface area contributed by atoms with Gasteiger partial charge in [-0.15, -0.1) is 0 Å². The summed E-state index contributed by atoms with van der Waals surface area (Å²) in [5.74, 6) is 0.678. The molecule has 0 amide bonds. The average molecular weight is 225 g/mol. The summed E-state index contributed by atoms with van der Waals surface area (Å²) < 4.78 is 13.7. The molecule has 1 heterocycles. The number of rotatable bonds is 3.